The molecule has 1 saturated carbocycles. The van der Waals surface area contributed by atoms with Crippen molar-refractivity contribution in [3.8, 4) is 11.5 Å². The summed E-state index contributed by atoms with van der Waals surface area (Å²) < 4.78 is 16.1. The number of imide groups is 1. The Kier molecular flexibility index (Phi) is 5.75. The van der Waals surface area contributed by atoms with E-state index in [-0.39, 0.29) is 53.6 Å². The van der Waals surface area contributed by atoms with Crippen LogP contribution in [0.2, 0.25) is 5.02 Å². The van der Waals surface area contributed by atoms with Crippen LogP contribution in [0.15, 0.2) is 29.4 Å². The van der Waals surface area contributed by atoms with Gasteiger partial charge in [0.1, 0.15) is 0 Å². The molecule has 1 aromatic rings. The normalized spacial score (nSPS) is 27.2. The second-order valence-electron chi connectivity index (χ2n) is 7.77. The SMILES string of the molecule is CCOC(=O)[C@@H](C)Oc1c(C=NN2C(=O)[C@@H]3[C@H](C2=O)[C@H]2C=C[C@H]3C2)cc(Cl)cc1OC. The molecule has 1 aliphatic heterocycles. The number of ether oxygens (including phenoxy) is 3. The molecule has 3 aliphatic rings. The Bertz CT molecular complexity index is 960. The molecule has 0 aromatic heterocycles. The first kappa shape index (κ1) is 21.4. The van der Waals surface area contributed by atoms with Gasteiger partial charge in [0.15, 0.2) is 17.6 Å². The number of nitrogens with zero attached hydrogens (tertiary/aromatic N) is 2. The van der Waals surface area contributed by atoms with E-state index in [0.717, 1.165) is 11.4 Å². The molecule has 1 saturated heterocycles. The molecule has 164 valence electrons. The van der Waals surface area contributed by atoms with E-state index in [0.29, 0.717) is 10.6 Å². The summed E-state index contributed by atoms with van der Waals surface area (Å²) in [7, 11) is 1.44. The molecule has 0 N–H and O–H groups in total. The largest absolute Gasteiger partial charge is 0.493 e. The average molecular weight is 447 g/mol. The van der Waals surface area contributed by atoms with Crippen molar-refractivity contribution in [2.75, 3.05) is 13.7 Å². The minimum absolute atomic E-state index is 0.0993. The molecule has 2 fully saturated rings. The molecule has 2 amide bonds. The average Bonchev–Trinajstić information content (AvgIpc) is 3.42. The summed E-state index contributed by atoms with van der Waals surface area (Å²) in [5, 5.41) is 5.45. The summed E-state index contributed by atoms with van der Waals surface area (Å²) in [5.41, 5.74) is 0.360. The maximum absolute atomic E-state index is 12.8. The second kappa shape index (κ2) is 8.34. The van der Waals surface area contributed by atoms with Gasteiger partial charge in [-0.05, 0) is 38.2 Å². The standard InChI is InChI=1S/C22H23ClN2O6/c1-4-30-22(28)11(2)31-19-14(8-15(23)9-16(19)29-3)10-24-25-20(26)17-12-5-6-13(7-12)18(17)21(25)27/h5-6,8-13,17-18H,4,7H2,1-3H3/t11-,12+,13+,17-,18+/m1/s1. The Hall–Kier alpha value is -2.87. The summed E-state index contributed by atoms with van der Waals surface area (Å²) in [5.74, 6) is -1.12. The van der Waals surface area contributed by atoms with Crippen molar-refractivity contribution < 1.29 is 28.6 Å². The Morgan fingerprint density at radius 3 is 2.48 bits per heavy atom. The first-order valence-electron chi connectivity index (χ1n) is 10.2. The number of carbonyl (C=O) groups is 3. The minimum Gasteiger partial charge on any atom is -0.493 e. The molecule has 8 nitrogen and oxygen atoms in total. The number of fused-ring (bicyclic) bond motifs is 5. The lowest BCUT2D eigenvalue weighted by Gasteiger charge is -2.18. The number of methoxy groups -OCH3 is 1. The van der Waals surface area contributed by atoms with Crippen LogP contribution < -0.4 is 9.47 Å². The highest BCUT2D eigenvalue weighted by molar-refractivity contribution is 6.31. The Labute approximate surface area is 184 Å². The molecule has 5 atom stereocenters. The molecule has 2 bridgehead atoms. The van der Waals surface area contributed by atoms with Gasteiger partial charge < -0.3 is 14.2 Å². The summed E-state index contributed by atoms with van der Waals surface area (Å²) >= 11 is 6.18. The predicted octanol–water partition coefficient (Wildman–Crippen LogP) is 2.82. The number of hydrazone groups is 1. The van der Waals surface area contributed by atoms with E-state index in [1.54, 1.807) is 19.9 Å². The van der Waals surface area contributed by atoms with Gasteiger partial charge in [0, 0.05) is 16.7 Å². The smallest absolute Gasteiger partial charge is 0.347 e. The van der Waals surface area contributed by atoms with Gasteiger partial charge in [0.2, 0.25) is 0 Å². The number of esters is 1. The summed E-state index contributed by atoms with van der Waals surface area (Å²) in [6.07, 6.45) is 5.30. The molecule has 1 heterocycles. The second-order valence-corrected chi connectivity index (χ2v) is 8.21. The zero-order valence-electron chi connectivity index (χ0n) is 17.4. The van der Waals surface area contributed by atoms with Crippen LogP contribution in [0, 0.1) is 23.7 Å². The maximum atomic E-state index is 12.8. The third kappa shape index (κ3) is 3.69. The first-order chi connectivity index (χ1) is 14.8. The Balaban J connectivity index is 1.61. The van der Waals surface area contributed by atoms with E-state index in [1.165, 1.54) is 19.4 Å². The third-order valence-electron chi connectivity index (χ3n) is 5.94. The summed E-state index contributed by atoms with van der Waals surface area (Å²) in [6, 6.07) is 3.09. The third-order valence-corrected chi connectivity index (χ3v) is 6.16. The van der Waals surface area contributed by atoms with Crippen molar-refractivity contribution in [2.45, 2.75) is 26.4 Å². The van der Waals surface area contributed by atoms with Gasteiger partial charge in [-0.25, -0.2) is 4.79 Å². The zero-order valence-corrected chi connectivity index (χ0v) is 18.2. The van der Waals surface area contributed by atoms with Crippen LogP contribution in [0.5, 0.6) is 11.5 Å². The highest BCUT2D eigenvalue weighted by Gasteiger charge is 2.59. The monoisotopic (exact) mass is 446 g/mol. The number of halogens is 1. The fraction of sp³-hybridized carbons (Fsp3) is 0.455. The molecule has 2 aliphatic carbocycles. The zero-order chi connectivity index (χ0) is 22.3. The van der Waals surface area contributed by atoms with Gasteiger partial charge in [0.25, 0.3) is 11.8 Å². The minimum atomic E-state index is -0.918. The maximum Gasteiger partial charge on any atom is 0.347 e. The molecule has 4 rings (SSSR count). The van der Waals surface area contributed by atoms with E-state index in [9.17, 15) is 14.4 Å². The van der Waals surface area contributed by atoms with E-state index >= 15 is 0 Å². The number of allylic oxidation sites excluding steroid dienone is 2. The van der Waals surface area contributed by atoms with Gasteiger partial charge >= 0.3 is 5.97 Å². The number of rotatable bonds is 7. The molecular formula is C22H23ClN2O6. The van der Waals surface area contributed by atoms with Gasteiger partial charge in [-0.15, -0.1) is 0 Å². The van der Waals surface area contributed by atoms with Crippen LogP contribution in [-0.2, 0) is 19.1 Å². The first-order valence-corrected chi connectivity index (χ1v) is 10.5. The van der Waals surface area contributed by atoms with Crippen LogP contribution in [-0.4, -0.2) is 48.8 Å². The Morgan fingerprint density at radius 1 is 1.26 bits per heavy atom. The number of hydrogen-bond donors (Lipinski definition) is 0. The molecule has 0 spiro atoms. The van der Waals surface area contributed by atoms with Crippen molar-refractivity contribution in [3.63, 3.8) is 0 Å². The molecule has 0 radical (unpaired) electrons. The van der Waals surface area contributed by atoms with Crippen molar-refractivity contribution in [2.24, 2.45) is 28.8 Å². The predicted molar refractivity (Wildman–Crippen MR) is 112 cm³/mol. The van der Waals surface area contributed by atoms with Crippen LogP contribution in [0.25, 0.3) is 0 Å². The lowest BCUT2D eigenvalue weighted by atomic mass is 9.85. The molecule has 1 aromatic carbocycles. The van der Waals surface area contributed by atoms with Crippen LogP contribution in [0.3, 0.4) is 0 Å². The lowest BCUT2D eigenvalue weighted by molar-refractivity contribution is -0.150. The Morgan fingerprint density at radius 2 is 1.90 bits per heavy atom. The van der Waals surface area contributed by atoms with Crippen LogP contribution in [0.4, 0.5) is 0 Å². The van der Waals surface area contributed by atoms with Crippen molar-refractivity contribution in [1.82, 2.24) is 5.01 Å². The number of amides is 2. The van der Waals surface area contributed by atoms with E-state index < -0.39 is 12.1 Å². The summed E-state index contributed by atoms with van der Waals surface area (Å²) in [6.45, 7) is 3.47. The van der Waals surface area contributed by atoms with Crippen molar-refractivity contribution in [3.05, 3.63) is 34.9 Å². The number of hydrogen-bond acceptors (Lipinski definition) is 7. The fourth-order valence-corrected chi connectivity index (χ4v) is 4.78. The van der Waals surface area contributed by atoms with E-state index in [4.69, 9.17) is 25.8 Å². The quantitative estimate of drug-likeness (QED) is 0.276. The van der Waals surface area contributed by atoms with Crippen molar-refractivity contribution >= 4 is 35.6 Å². The van der Waals surface area contributed by atoms with Gasteiger partial charge in [-0.3, -0.25) is 9.59 Å². The van der Waals surface area contributed by atoms with Gasteiger partial charge in [-0.1, -0.05) is 23.8 Å². The van der Waals surface area contributed by atoms with E-state index in [2.05, 4.69) is 5.10 Å². The van der Waals surface area contributed by atoms with E-state index in [1.807, 2.05) is 12.2 Å². The molecule has 0 unspecified atom stereocenters. The summed E-state index contributed by atoms with van der Waals surface area (Å²) in [4.78, 5) is 37.7. The van der Waals surface area contributed by atoms with Gasteiger partial charge in [-0.2, -0.15) is 10.1 Å². The molecule has 9 heteroatoms. The topological polar surface area (TPSA) is 94.5 Å². The highest BCUT2D eigenvalue weighted by atomic mass is 35.5. The van der Waals surface area contributed by atoms with Crippen LogP contribution >= 0.6 is 11.6 Å². The highest BCUT2D eigenvalue weighted by Crippen LogP contribution is 2.52. The van der Waals surface area contributed by atoms with Crippen LogP contribution in [0.1, 0.15) is 25.8 Å². The molecule has 31 heavy (non-hydrogen) atoms. The number of carbonyl (C=O) groups excluding carboxylic acids is 3. The lowest BCUT2D eigenvalue weighted by Crippen LogP contribution is -2.28. The van der Waals surface area contributed by atoms with Gasteiger partial charge in [0.05, 0.1) is 31.8 Å². The van der Waals surface area contributed by atoms with Crippen molar-refractivity contribution in [1.29, 1.82) is 0 Å². The molecular weight excluding hydrogens is 424 g/mol. The fourth-order valence-electron chi connectivity index (χ4n) is 4.57. The number of benzene rings is 1.